The normalized spacial score (nSPS) is 20.5. The van der Waals surface area contributed by atoms with Crippen molar-refractivity contribution >= 4 is 17.6 Å². The molecule has 3 aromatic heterocycles. The van der Waals surface area contributed by atoms with Crippen LogP contribution in [0.2, 0.25) is 0 Å². The number of carboxylic acid groups (broad SMARTS) is 1. The van der Waals surface area contributed by atoms with Gasteiger partial charge in [0.15, 0.2) is 0 Å². The van der Waals surface area contributed by atoms with Crippen molar-refractivity contribution in [1.82, 2.24) is 24.8 Å². The number of aromatic nitrogens is 4. The van der Waals surface area contributed by atoms with Crippen molar-refractivity contribution < 1.29 is 9.90 Å². The van der Waals surface area contributed by atoms with E-state index in [1.807, 2.05) is 57.2 Å². The summed E-state index contributed by atoms with van der Waals surface area (Å²) in [6, 6.07) is 5.39. The molecule has 174 valence electrons. The molecule has 1 aliphatic heterocycles. The van der Waals surface area contributed by atoms with Crippen LogP contribution < -0.4 is 5.32 Å². The first kappa shape index (κ1) is 21.9. The summed E-state index contributed by atoms with van der Waals surface area (Å²) in [6.45, 7) is 7.83. The van der Waals surface area contributed by atoms with Gasteiger partial charge < -0.3 is 15.4 Å². The van der Waals surface area contributed by atoms with Gasteiger partial charge in [0.25, 0.3) is 0 Å². The van der Waals surface area contributed by atoms with Gasteiger partial charge in [0.1, 0.15) is 17.3 Å². The van der Waals surface area contributed by atoms with E-state index < -0.39 is 23.1 Å². The Balaban J connectivity index is 1.75. The molecule has 5 rings (SSSR count). The molecule has 0 saturated heterocycles. The van der Waals surface area contributed by atoms with Gasteiger partial charge in [-0.25, -0.2) is 14.8 Å². The summed E-state index contributed by atoms with van der Waals surface area (Å²) < 4.78 is 0. The van der Waals surface area contributed by atoms with Crippen LogP contribution >= 0.6 is 0 Å². The molecule has 3 aromatic rings. The number of aromatic amines is 1. The largest absolute Gasteiger partial charge is 0.465 e. The van der Waals surface area contributed by atoms with E-state index in [9.17, 15) is 9.90 Å². The maximum Gasteiger partial charge on any atom is 0.408 e. The van der Waals surface area contributed by atoms with Gasteiger partial charge in [0, 0.05) is 29.1 Å². The molecule has 3 N–H and O–H groups in total. The van der Waals surface area contributed by atoms with Gasteiger partial charge in [-0.2, -0.15) is 0 Å². The van der Waals surface area contributed by atoms with Crippen molar-refractivity contribution in [2.75, 3.05) is 5.32 Å². The van der Waals surface area contributed by atoms with Crippen LogP contribution in [0.4, 0.5) is 16.3 Å². The number of hydrogen-bond donors (Lipinski definition) is 3. The first-order chi connectivity index (χ1) is 16.3. The number of H-pyrrole nitrogens is 1. The molecule has 0 saturated carbocycles. The van der Waals surface area contributed by atoms with Crippen LogP contribution in [0.15, 0.2) is 61.1 Å². The second-order valence-corrected chi connectivity index (χ2v) is 9.66. The molecular weight excluding hydrogens is 428 g/mol. The van der Waals surface area contributed by atoms with E-state index in [0.717, 1.165) is 34.0 Å². The quantitative estimate of drug-likeness (QED) is 0.375. The molecule has 0 aromatic carbocycles. The van der Waals surface area contributed by atoms with Crippen LogP contribution in [0.1, 0.15) is 39.9 Å². The van der Waals surface area contributed by atoms with Gasteiger partial charge in [-0.3, -0.25) is 9.88 Å². The fourth-order valence-corrected chi connectivity index (χ4v) is 5.04. The Labute approximate surface area is 198 Å². The summed E-state index contributed by atoms with van der Waals surface area (Å²) in [6.07, 6.45) is 12.9. The maximum absolute atomic E-state index is 12.5. The minimum Gasteiger partial charge on any atom is -0.465 e. The van der Waals surface area contributed by atoms with E-state index >= 15 is 0 Å². The van der Waals surface area contributed by atoms with Crippen molar-refractivity contribution in [3.05, 3.63) is 66.9 Å². The molecule has 2 aliphatic rings. The number of amides is 1. The smallest absolute Gasteiger partial charge is 0.408 e. The molecule has 0 fully saturated rings. The van der Waals surface area contributed by atoms with Gasteiger partial charge in [-0.1, -0.05) is 31.2 Å². The first-order valence-electron chi connectivity index (χ1n) is 11.4. The number of pyridine rings is 2. The summed E-state index contributed by atoms with van der Waals surface area (Å²) >= 11 is 0. The van der Waals surface area contributed by atoms with Gasteiger partial charge in [-0.05, 0) is 45.4 Å². The average molecular weight is 457 g/mol. The molecule has 8 heteroatoms. The Morgan fingerprint density at radius 3 is 2.76 bits per heavy atom. The fraction of sp³-hybridized carbons (Fsp3) is 0.308. The highest BCUT2D eigenvalue weighted by Gasteiger charge is 2.47. The van der Waals surface area contributed by atoms with Crippen molar-refractivity contribution in [1.29, 1.82) is 0 Å². The monoisotopic (exact) mass is 456 g/mol. The van der Waals surface area contributed by atoms with E-state index in [1.54, 1.807) is 18.6 Å². The third kappa shape index (κ3) is 3.29. The molecule has 2 unspecified atom stereocenters. The molecule has 8 nitrogen and oxygen atoms in total. The number of anilines is 2. The van der Waals surface area contributed by atoms with E-state index in [2.05, 4.69) is 33.3 Å². The van der Waals surface area contributed by atoms with Crippen LogP contribution in [-0.4, -0.2) is 47.6 Å². The van der Waals surface area contributed by atoms with Crippen LogP contribution in [-0.2, 0) is 5.41 Å². The lowest BCUT2D eigenvalue weighted by Gasteiger charge is -2.47. The molecule has 34 heavy (non-hydrogen) atoms. The highest BCUT2D eigenvalue weighted by molar-refractivity contribution is 5.94. The molecule has 0 spiro atoms. The van der Waals surface area contributed by atoms with Crippen molar-refractivity contribution in [3.63, 3.8) is 0 Å². The fourth-order valence-electron chi connectivity index (χ4n) is 5.04. The molecule has 0 radical (unpaired) electrons. The Bertz CT molecular complexity index is 1260. The number of carbonyl (C=O) groups is 1. The summed E-state index contributed by atoms with van der Waals surface area (Å²) in [7, 11) is 0. The highest BCUT2D eigenvalue weighted by atomic mass is 16.4. The zero-order valence-corrected chi connectivity index (χ0v) is 19.7. The second-order valence-electron chi connectivity index (χ2n) is 9.66. The maximum atomic E-state index is 12.5. The summed E-state index contributed by atoms with van der Waals surface area (Å²) in [5.74, 6) is 1.43. The molecule has 4 heterocycles. The molecule has 0 bridgehead atoms. The Hall–Kier alpha value is -3.94. The van der Waals surface area contributed by atoms with E-state index in [1.165, 1.54) is 4.90 Å². The van der Waals surface area contributed by atoms with Gasteiger partial charge >= 0.3 is 6.09 Å². The van der Waals surface area contributed by atoms with Crippen molar-refractivity contribution in [2.45, 2.75) is 51.1 Å². The Morgan fingerprint density at radius 1 is 1.21 bits per heavy atom. The summed E-state index contributed by atoms with van der Waals surface area (Å²) in [5, 5.41) is 13.6. The summed E-state index contributed by atoms with van der Waals surface area (Å²) in [5.41, 5.74) is 3.01. The Kier molecular flexibility index (Phi) is 5.04. The third-order valence-corrected chi connectivity index (χ3v) is 6.67. The lowest BCUT2D eigenvalue weighted by molar-refractivity contribution is 0.0616. The minimum absolute atomic E-state index is 0.432. The van der Waals surface area contributed by atoms with Crippen LogP contribution in [0.3, 0.4) is 0 Å². The van der Waals surface area contributed by atoms with Crippen LogP contribution in [0, 0.1) is 0 Å². The van der Waals surface area contributed by atoms with Crippen molar-refractivity contribution in [2.24, 2.45) is 0 Å². The number of allylic oxidation sites excluding steroid dienone is 2. The number of hydrogen-bond acceptors (Lipinski definition) is 5. The lowest BCUT2D eigenvalue weighted by Crippen LogP contribution is -2.58. The van der Waals surface area contributed by atoms with Gasteiger partial charge in [-0.15, -0.1) is 0 Å². The standard InChI is InChI=1S/C26H28N6O2/c1-5-26(12-7-6-10-19(26)32(24(33)34)25(2,3)4)23-30-20-16-11-14-27-15-18(16)29-22-17(21(20)31-23)9-8-13-28-22/h6-15,19H,5H2,1-4H3,(H,28,29)(H,30,31)(H,33,34). The van der Waals surface area contributed by atoms with Crippen molar-refractivity contribution in [3.8, 4) is 22.5 Å². The zero-order chi connectivity index (χ0) is 24.1. The molecular formula is C26H28N6O2. The summed E-state index contributed by atoms with van der Waals surface area (Å²) in [4.78, 5) is 31.5. The van der Waals surface area contributed by atoms with Gasteiger partial charge in [0.05, 0.1) is 29.0 Å². The zero-order valence-electron chi connectivity index (χ0n) is 19.7. The average Bonchev–Trinajstić information content (AvgIpc) is 3.19. The molecule has 1 aliphatic carbocycles. The number of nitrogens with zero attached hydrogens (tertiary/aromatic N) is 4. The topological polar surface area (TPSA) is 107 Å². The highest BCUT2D eigenvalue weighted by Crippen LogP contribution is 2.46. The third-order valence-electron chi connectivity index (χ3n) is 6.67. The van der Waals surface area contributed by atoms with E-state index in [-0.39, 0.29) is 0 Å². The number of nitrogens with one attached hydrogen (secondary N) is 2. The lowest BCUT2D eigenvalue weighted by atomic mass is 9.72. The predicted molar refractivity (Wildman–Crippen MR) is 132 cm³/mol. The second kappa shape index (κ2) is 7.83. The SMILES string of the molecule is CCC1(c2nc3c([nH]2)-c2ccncc2Nc2ncccc2-3)C=CC=CC1N(C(=O)O)C(C)(C)C. The number of imidazole rings is 1. The predicted octanol–water partition coefficient (Wildman–Crippen LogP) is 5.51. The first-order valence-corrected chi connectivity index (χ1v) is 11.4. The van der Waals surface area contributed by atoms with E-state index in [4.69, 9.17) is 4.98 Å². The van der Waals surface area contributed by atoms with Crippen LogP contribution in [0.25, 0.3) is 22.5 Å². The molecule has 2 atom stereocenters. The Morgan fingerprint density at radius 2 is 2.03 bits per heavy atom. The molecule has 1 amide bonds. The van der Waals surface area contributed by atoms with Crippen LogP contribution in [0.5, 0.6) is 0 Å². The number of rotatable bonds is 3. The van der Waals surface area contributed by atoms with Gasteiger partial charge in [0.2, 0.25) is 0 Å². The minimum atomic E-state index is -0.960. The number of fused-ring (bicyclic) bond motifs is 5. The van der Waals surface area contributed by atoms with E-state index in [0.29, 0.717) is 12.2 Å².